The monoisotopic (exact) mass is 340 g/mol. The standard InChI is InChI=1S/C19H21N3OS/c1-22(11-13-7-3-2-4-8-13)12-16-20-18(23)17-14-9-5-6-10-15(14)24-19(17)21-16/h2-4,7-8H,5-6,9-12H2,1H3,(H,20,21,23)/p+1. The highest BCUT2D eigenvalue weighted by Crippen LogP contribution is 2.33. The first-order chi connectivity index (χ1) is 11.7. The molecular formula is C19H22N3OS+. The van der Waals surface area contributed by atoms with E-state index < -0.39 is 0 Å². The lowest BCUT2D eigenvalue weighted by Gasteiger charge is -2.13. The van der Waals surface area contributed by atoms with E-state index in [1.807, 2.05) is 6.07 Å². The second kappa shape index (κ2) is 6.49. The first-order valence-electron chi connectivity index (χ1n) is 8.59. The Morgan fingerprint density at radius 2 is 1.96 bits per heavy atom. The summed E-state index contributed by atoms with van der Waals surface area (Å²) in [6.07, 6.45) is 4.54. The van der Waals surface area contributed by atoms with Gasteiger partial charge in [-0.2, -0.15) is 0 Å². The van der Waals surface area contributed by atoms with Gasteiger partial charge in [-0.15, -0.1) is 11.3 Å². The molecule has 5 heteroatoms. The number of benzene rings is 1. The summed E-state index contributed by atoms with van der Waals surface area (Å²) in [5.74, 6) is 0.791. The van der Waals surface area contributed by atoms with Gasteiger partial charge in [0.15, 0.2) is 5.82 Å². The average molecular weight is 340 g/mol. The molecule has 1 aliphatic carbocycles. The number of hydrogen-bond donors (Lipinski definition) is 2. The third-order valence-corrected chi connectivity index (χ3v) is 5.88. The fraction of sp³-hybridized carbons (Fsp3) is 0.368. The minimum absolute atomic E-state index is 0.0434. The van der Waals surface area contributed by atoms with Gasteiger partial charge in [0.1, 0.15) is 17.9 Å². The number of fused-ring (bicyclic) bond motifs is 3. The molecular weight excluding hydrogens is 318 g/mol. The molecule has 0 amide bonds. The van der Waals surface area contributed by atoms with Crippen LogP contribution in [0.3, 0.4) is 0 Å². The number of H-pyrrole nitrogens is 1. The van der Waals surface area contributed by atoms with Crippen molar-refractivity contribution in [3.8, 4) is 0 Å². The Bertz CT molecular complexity index is 914. The van der Waals surface area contributed by atoms with E-state index in [2.05, 4.69) is 36.3 Å². The van der Waals surface area contributed by atoms with Crippen molar-refractivity contribution in [3.63, 3.8) is 0 Å². The predicted octanol–water partition coefficient (Wildman–Crippen LogP) is 2.08. The maximum atomic E-state index is 12.6. The Balaban J connectivity index is 1.60. The highest BCUT2D eigenvalue weighted by Gasteiger charge is 2.20. The highest BCUT2D eigenvalue weighted by molar-refractivity contribution is 7.18. The van der Waals surface area contributed by atoms with Crippen molar-refractivity contribution in [3.05, 3.63) is 62.5 Å². The van der Waals surface area contributed by atoms with E-state index in [-0.39, 0.29) is 5.56 Å². The van der Waals surface area contributed by atoms with E-state index in [4.69, 9.17) is 4.98 Å². The Labute approximate surface area is 145 Å². The minimum atomic E-state index is 0.0434. The number of hydrogen-bond acceptors (Lipinski definition) is 3. The molecule has 0 aliphatic heterocycles. The summed E-state index contributed by atoms with van der Waals surface area (Å²) < 4.78 is 0. The molecule has 4 rings (SSSR count). The molecule has 4 nitrogen and oxygen atoms in total. The van der Waals surface area contributed by atoms with Crippen molar-refractivity contribution in [1.29, 1.82) is 0 Å². The van der Waals surface area contributed by atoms with E-state index in [9.17, 15) is 4.79 Å². The number of thiophene rings is 1. The predicted molar refractivity (Wildman–Crippen MR) is 97.6 cm³/mol. The summed E-state index contributed by atoms with van der Waals surface area (Å²) in [5, 5.41) is 0.846. The van der Waals surface area contributed by atoms with Gasteiger partial charge in [0.05, 0.1) is 12.4 Å². The summed E-state index contributed by atoms with van der Waals surface area (Å²) in [7, 11) is 2.14. The number of aryl methyl sites for hydroxylation is 2. The lowest BCUT2D eigenvalue weighted by Crippen LogP contribution is -3.06. The lowest BCUT2D eigenvalue weighted by molar-refractivity contribution is -0.908. The minimum Gasteiger partial charge on any atom is -0.327 e. The Morgan fingerprint density at radius 1 is 1.17 bits per heavy atom. The smallest absolute Gasteiger partial charge is 0.260 e. The van der Waals surface area contributed by atoms with Crippen molar-refractivity contribution >= 4 is 21.6 Å². The molecule has 3 aromatic rings. The molecule has 1 aromatic carbocycles. The molecule has 2 heterocycles. The summed E-state index contributed by atoms with van der Waals surface area (Å²) in [6, 6.07) is 10.4. The molecule has 0 saturated heterocycles. The number of nitrogens with one attached hydrogen (secondary N) is 2. The first-order valence-corrected chi connectivity index (χ1v) is 9.41. The molecule has 1 atom stereocenters. The van der Waals surface area contributed by atoms with E-state index in [1.165, 1.54) is 33.7 Å². The van der Waals surface area contributed by atoms with Crippen LogP contribution in [0.25, 0.3) is 10.2 Å². The second-order valence-corrected chi connectivity index (χ2v) is 7.78. The van der Waals surface area contributed by atoms with Gasteiger partial charge in [0.2, 0.25) is 0 Å². The van der Waals surface area contributed by atoms with E-state index in [0.717, 1.165) is 42.0 Å². The number of aromatic amines is 1. The zero-order chi connectivity index (χ0) is 16.5. The van der Waals surface area contributed by atoms with E-state index in [1.54, 1.807) is 11.3 Å². The van der Waals surface area contributed by atoms with Gasteiger partial charge in [-0.25, -0.2) is 4.98 Å². The Morgan fingerprint density at radius 3 is 2.79 bits per heavy atom. The number of aromatic nitrogens is 2. The third kappa shape index (κ3) is 3.01. The zero-order valence-corrected chi connectivity index (χ0v) is 14.7. The Kier molecular flexibility index (Phi) is 4.21. The van der Waals surface area contributed by atoms with Crippen LogP contribution in [0.1, 0.15) is 34.7 Å². The summed E-state index contributed by atoms with van der Waals surface area (Å²) >= 11 is 1.72. The van der Waals surface area contributed by atoms with Gasteiger partial charge >= 0.3 is 0 Å². The zero-order valence-electron chi connectivity index (χ0n) is 13.9. The van der Waals surface area contributed by atoms with Crippen LogP contribution in [0.5, 0.6) is 0 Å². The molecule has 0 fully saturated rings. The molecule has 0 radical (unpaired) electrons. The van der Waals surface area contributed by atoms with Crippen molar-refractivity contribution < 1.29 is 4.90 Å². The van der Waals surface area contributed by atoms with Gasteiger partial charge < -0.3 is 9.88 Å². The topological polar surface area (TPSA) is 50.2 Å². The molecule has 0 bridgehead atoms. The largest absolute Gasteiger partial charge is 0.327 e. The molecule has 0 saturated carbocycles. The van der Waals surface area contributed by atoms with Crippen LogP contribution in [0.15, 0.2) is 35.1 Å². The average Bonchev–Trinajstić information content (AvgIpc) is 2.94. The molecule has 2 N–H and O–H groups in total. The van der Waals surface area contributed by atoms with Crippen LogP contribution in [-0.4, -0.2) is 17.0 Å². The molecule has 24 heavy (non-hydrogen) atoms. The van der Waals surface area contributed by atoms with Gasteiger partial charge in [-0.1, -0.05) is 30.3 Å². The van der Waals surface area contributed by atoms with Gasteiger partial charge in [-0.05, 0) is 31.2 Å². The van der Waals surface area contributed by atoms with Crippen molar-refractivity contribution in [2.24, 2.45) is 0 Å². The molecule has 1 aliphatic rings. The summed E-state index contributed by atoms with van der Waals surface area (Å²) in [6.45, 7) is 1.65. The van der Waals surface area contributed by atoms with Crippen LogP contribution < -0.4 is 10.5 Å². The number of quaternary nitrogens is 1. The molecule has 2 aromatic heterocycles. The van der Waals surface area contributed by atoms with Gasteiger partial charge in [-0.3, -0.25) is 4.79 Å². The van der Waals surface area contributed by atoms with Crippen LogP contribution in [0.2, 0.25) is 0 Å². The molecule has 1 unspecified atom stereocenters. The first kappa shape index (κ1) is 15.5. The lowest BCUT2D eigenvalue weighted by atomic mass is 9.97. The highest BCUT2D eigenvalue weighted by atomic mass is 32.1. The maximum Gasteiger partial charge on any atom is 0.260 e. The van der Waals surface area contributed by atoms with Crippen LogP contribution >= 0.6 is 11.3 Å². The van der Waals surface area contributed by atoms with Crippen LogP contribution in [0, 0.1) is 0 Å². The Hall–Kier alpha value is -1.98. The SMILES string of the molecule is C[NH+](Cc1ccccc1)Cc1nc2sc3c(c2c(=O)[nH]1)CCCC3. The maximum absolute atomic E-state index is 12.6. The second-order valence-electron chi connectivity index (χ2n) is 6.70. The quantitative estimate of drug-likeness (QED) is 0.764. The van der Waals surface area contributed by atoms with Gasteiger partial charge in [0.25, 0.3) is 5.56 Å². The van der Waals surface area contributed by atoms with Crippen molar-refractivity contribution in [2.45, 2.75) is 38.8 Å². The van der Waals surface area contributed by atoms with E-state index in [0.29, 0.717) is 0 Å². The van der Waals surface area contributed by atoms with E-state index >= 15 is 0 Å². The summed E-state index contributed by atoms with van der Waals surface area (Å²) in [5.41, 5.74) is 2.60. The van der Waals surface area contributed by atoms with Crippen molar-refractivity contribution in [2.75, 3.05) is 7.05 Å². The third-order valence-electron chi connectivity index (χ3n) is 4.69. The normalized spacial score (nSPS) is 15.4. The van der Waals surface area contributed by atoms with Gasteiger partial charge in [0, 0.05) is 10.4 Å². The summed E-state index contributed by atoms with van der Waals surface area (Å²) in [4.78, 5) is 24.0. The van der Waals surface area contributed by atoms with Crippen LogP contribution in [0.4, 0.5) is 0 Å². The van der Waals surface area contributed by atoms with Crippen molar-refractivity contribution in [1.82, 2.24) is 9.97 Å². The molecule has 0 spiro atoms. The molecule has 124 valence electrons. The van der Waals surface area contributed by atoms with Crippen LogP contribution in [-0.2, 0) is 25.9 Å². The number of rotatable bonds is 4. The fourth-order valence-corrected chi connectivity index (χ4v) is 4.87. The number of nitrogens with zero attached hydrogens (tertiary/aromatic N) is 1. The fourth-order valence-electron chi connectivity index (χ4n) is 3.58.